The van der Waals surface area contributed by atoms with Gasteiger partial charge in [-0.1, -0.05) is 30.3 Å². The van der Waals surface area contributed by atoms with Crippen LogP contribution in [0.2, 0.25) is 0 Å². The molecule has 0 spiro atoms. The number of aromatic nitrogens is 3. The van der Waals surface area contributed by atoms with Gasteiger partial charge in [-0.2, -0.15) is 0 Å². The van der Waals surface area contributed by atoms with Crippen molar-refractivity contribution in [1.82, 2.24) is 25.2 Å². The van der Waals surface area contributed by atoms with Crippen molar-refractivity contribution in [3.8, 4) is 0 Å². The number of benzene rings is 2. The predicted octanol–water partition coefficient (Wildman–Crippen LogP) is 4.87. The lowest BCUT2D eigenvalue weighted by atomic mass is 9.98. The molecule has 2 aromatic heterocycles. The van der Waals surface area contributed by atoms with Crippen molar-refractivity contribution in [2.45, 2.75) is 26.7 Å². The number of fused-ring (bicyclic) bond motifs is 2. The third-order valence-corrected chi connectivity index (χ3v) is 6.84. The second-order valence-electron chi connectivity index (χ2n) is 9.59. The number of aromatic amines is 1. The van der Waals surface area contributed by atoms with E-state index in [9.17, 15) is 14.4 Å². The first-order valence-electron chi connectivity index (χ1n) is 12.9. The minimum Gasteiger partial charge on any atom is -0.415 e. The average Bonchev–Trinajstić information content (AvgIpc) is 3.38. The zero-order chi connectivity index (χ0) is 27.4. The van der Waals surface area contributed by atoms with Crippen LogP contribution in [0.1, 0.15) is 47.5 Å². The van der Waals surface area contributed by atoms with Crippen molar-refractivity contribution in [1.29, 1.82) is 0 Å². The van der Waals surface area contributed by atoms with Crippen molar-refractivity contribution in [2.75, 3.05) is 25.0 Å². The molecule has 3 N–H and O–H groups in total. The van der Waals surface area contributed by atoms with Crippen molar-refractivity contribution >= 4 is 45.7 Å². The molecule has 0 bridgehead atoms. The highest BCUT2D eigenvalue weighted by atomic mass is 16.6. The Bertz CT molecular complexity index is 1580. The van der Waals surface area contributed by atoms with Gasteiger partial charge in [0.05, 0.1) is 11.1 Å². The summed E-state index contributed by atoms with van der Waals surface area (Å²) in [6.45, 7) is 5.13. The van der Waals surface area contributed by atoms with E-state index >= 15 is 0 Å². The number of anilines is 1. The lowest BCUT2D eigenvalue weighted by molar-refractivity contribution is 0.0917. The van der Waals surface area contributed by atoms with Crippen molar-refractivity contribution < 1.29 is 19.1 Å². The molecule has 0 saturated carbocycles. The number of ether oxygens (including phenoxy) is 1. The van der Waals surface area contributed by atoms with Crippen molar-refractivity contribution in [2.24, 2.45) is 5.92 Å². The minimum absolute atomic E-state index is 0.115. The van der Waals surface area contributed by atoms with E-state index in [0.717, 1.165) is 23.6 Å². The molecule has 3 amide bonds. The number of carbonyl (C=O) groups is 3. The lowest BCUT2D eigenvalue weighted by Crippen LogP contribution is -2.43. The first-order chi connectivity index (χ1) is 18.9. The number of pyridine rings is 1. The molecule has 0 aliphatic carbocycles. The number of H-pyrrole nitrogens is 1. The third kappa shape index (κ3) is 5.90. The van der Waals surface area contributed by atoms with E-state index < -0.39 is 5.91 Å². The molecule has 1 aliphatic heterocycles. The van der Waals surface area contributed by atoms with E-state index in [-0.39, 0.29) is 29.6 Å². The van der Waals surface area contributed by atoms with Crippen LogP contribution in [0.25, 0.3) is 21.8 Å². The van der Waals surface area contributed by atoms with Gasteiger partial charge < -0.3 is 19.9 Å². The Balaban J connectivity index is 1.23. The summed E-state index contributed by atoms with van der Waals surface area (Å²) in [5.41, 5.74) is 1.73. The molecule has 2 aromatic carbocycles. The molecule has 1 aliphatic rings. The number of likely N-dealkylation sites (tertiary alicyclic amines) is 1. The summed E-state index contributed by atoms with van der Waals surface area (Å²) in [4.78, 5) is 51.8. The standard InChI is InChI=1S/C29H30N6O4/c1-3-18(2)39-29(38)35-13-7-8-19(17-35)15-31-26(36)22-11-6-12-23-25(22)33-28(32-23)34-27(37)24-14-20-9-4-5-10-21(20)16-30-24/h3-6,9-12,14,16,19H,7-8,13,15,17H2,1-2H3,(H,31,36)(H2,32,33,34,37)/b18-3-. The predicted molar refractivity (Wildman–Crippen MR) is 148 cm³/mol. The molecule has 1 unspecified atom stereocenters. The number of hydrogen-bond acceptors (Lipinski definition) is 6. The van der Waals surface area contributed by atoms with Crippen LogP contribution in [0.5, 0.6) is 0 Å². The summed E-state index contributed by atoms with van der Waals surface area (Å²) in [6, 6.07) is 14.6. The third-order valence-electron chi connectivity index (χ3n) is 6.84. The van der Waals surface area contributed by atoms with Gasteiger partial charge in [0.25, 0.3) is 11.8 Å². The smallest absolute Gasteiger partial charge is 0.414 e. The quantitative estimate of drug-likeness (QED) is 0.308. The normalized spacial score (nSPS) is 15.8. The zero-order valence-electron chi connectivity index (χ0n) is 21.9. The molecular formula is C29H30N6O4. The second kappa shape index (κ2) is 11.3. The van der Waals surface area contributed by atoms with Crippen molar-refractivity contribution in [3.63, 3.8) is 0 Å². The molecule has 5 rings (SSSR count). The molecule has 4 aromatic rings. The van der Waals surface area contributed by atoms with Gasteiger partial charge in [0.2, 0.25) is 5.95 Å². The highest BCUT2D eigenvalue weighted by Gasteiger charge is 2.26. The van der Waals surface area contributed by atoms with Crippen LogP contribution >= 0.6 is 0 Å². The number of nitrogens with zero attached hydrogens (tertiary/aromatic N) is 3. The summed E-state index contributed by atoms with van der Waals surface area (Å²) in [7, 11) is 0. The number of imidazole rings is 1. The first-order valence-corrected chi connectivity index (χ1v) is 12.9. The number of hydrogen-bond donors (Lipinski definition) is 3. The van der Waals surface area contributed by atoms with E-state index in [1.807, 2.05) is 31.2 Å². The molecule has 0 radical (unpaired) electrons. The Morgan fingerprint density at radius 1 is 1.13 bits per heavy atom. The Kier molecular flexibility index (Phi) is 7.53. The maximum Gasteiger partial charge on any atom is 0.414 e. The van der Waals surface area contributed by atoms with Gasteiger partial charge in [-0.05, 0) is 62.3 Å². The monoisotopic (exact) mass is 526 g/mol. The molecule has 1 fully saturated rings. The van der Waals surface area contributed by atoms with Crippen LogP contribution in [0.3, 0.4) is 0 Å². The zero-order valence-corrected chi connectivity index (χ0v) is 21.9. The summed E-state index contributed by atoms with van der Waals surface area (Å²) < 4.78 is 5.32. The van der Waals surface area contributed by atoms with E-state index in [4.69, 9.17) is 4.74 Å². The van der Waals surface area contributed by atoms with Crippen LogP contribution < -0.4 is 10.6 Å². The van der Waals surface area contributed by atoms with Gasteiger partial charge in [0, 0.05) is 31.2 Å². The number of rotatable bonds is 6. The van der Waals surface area contributed by atoms with Crippen LogP contribution in [0.15, 0.2) is 66.6 Å². The SMILES string of the molecule is C/C=C(/C)OC(=O)N1CCCC(CNC(=O)c2cccc3[nH]c(NC(=O)c4cc5ccccc5cn4)nc23)C1. The second-order valence-corrected chi connectivity index (χ2v) is 9.59. The average molecular weight is 527 g/mol. The Labute approximate surface area is 225 Å². The highest BCUT2D eigenvalue weighted by Crippen LogP contribution is 2.21. The maximum absolute atomic E-state index is 13.1. The fraction of sp³-hybridized carbons (Fsp3) is 0.276. The van der Waals surface area contributed by atoms with Crippen LogP contribution in [0.4, 0.5) is 10.7 Å². The fourth-order valence-electron chi connectivity index (χ4n) is 4.64. The van der Waals surface area contributed by atoms with Crippen molar-refractivity contribution in [3.05, 3.63) is 77.8 Å². The van der Waals surface area contributed by atoms with Gasteiger partial charge in [-0.3, -0.25) is 19.9 Å². The largest absolute Gasteiger partial charge is 0.415 e. The molecule has 1 atom stereocenters. The highest BCUT2D eigenvalue weighted by molar-refractivity contribution is 6.07. The first kappa shape index (κ1) is 25.9. The molecular weight excluding hydrogens is 496 g/mol. The van der Waals surface area contributed by atoms with Gasteiger partial charge in [0.15, 0.2) is 0 Å². The summed E-state index contributed by atoms with van der Waals surface area (Å²) in [6.07, 6.45) is 4.78. The topological polar surface area (TPSA) is 129 Å². The van der Waals surface area contributed by atoms with E-state index in [0.29, 0.717) is 42.0 Å². The Morgan fingerprint density at radius 3 is 2.77 bits per heavy atom. The van der Waals surface area contributed by atoms with E-state index in [2.05, 4.69) is 25.6 Å². The van der Waals surface area contributed by atoms with Gasteiger partial charge in [-0.25, -0.2) is 9.78 Å². The number of amides is 3. The van der Waals surface area contributed by atoms with E-state index in [1.54, 1.807) is 48.4 Å². The van der Waals surface area contributed by atoms with Gasteiger partial charge in [0.1, 0.15) is 17.0 Å². The minimum atomic E-state index is -0.407. The lowest BCUT2D eigenvalue weighted by Gasteiger charge is -2.32. The van der Waals surface area contributed by atoms with Gasteiger partial charge in [-0.15, -0.1) is 0 Å². The van der Waals surface area contributed by atoms with Crippen LogP contribution in [0, 0.1) is 5.92 Å². The molecule has 39 heavy (non-hydrogen) atoms. The molecule has 3 heterocycles. The summed E-state index contributed by atoms with van der Waals surface area (Å²) in [5, 5.41) is 7.58. The molecule has 10 heteroatoms. The number of para-hydroxylation sites is 1. The number of carbonyl (C=O) groups excluding carboxylic acids is 3. The van der Waals surface area contributed by atoms with Crippen LogP contribution in [-0.2, 0) is 4.74 Å². The molecule has 200 valence electrons. The Hall–Kier alpha value is -4.73. The maximum atomic E-state index is 13.1. The number of allylic oxidation sites excluding steroid dienone is 2. The number of piperidine rings is 1. The fourth-order valence-corrected chi connectivity index (χ4v) is 4.64. The Morgan fingerprint density at radius 2 is 1.95 bits per heavy atom. The van der Waals surface area contributed by atoms with E-state index in [1.165, 1.54) is 0 Å². The molecule has 10 nitrogen and oxygen atoms in total. The summed E-state index contributed by atoms with van der Waals surface area (Å²) in [5.74, 6) is 0.222. The summed E-state index contributed by atoms with van der Waals surface area (Å²) >= 11 is 0. The molecule has 1 saturated heterocycles. The number of nitrogens with one attached hydrogen (secondary N) is 3. The van der Waals surface area contributed by atoms with Gasteiger partial charge >= 0.3 is 6.09 Å². The van der Waals surface area contributed by atoms with Crippen LogP contribution in [-0.4, -0.2) is 57.4 Å².